The van der Waals surface area contributed by atoms with E-state index in [0.717, 1.165) is 12.8 Å². The Kier molecular flexibility index (Phi) is 4.41. The number of hydrogen-bond donors (Lipinski definition) is 1. The van der Waals surface area contributed by atoms with Gasteiger partial charge in [-0.2, -0.15) is 0 Å². The highest BCUT2D eigenvalue weighted by Crippen LogP contribution is 2.37. The Labute approximate surface area is 112 Å². The molecule has 0 atom stereocenters. The minimum atomic E-state index is 0.233. The zero-order valence-electron chi connectivity index (χ0n) is 9.72. The number of ether oxygens (including phenoxy) is 1. The van der Waals surface area contributed by atoms with Crippen LogP contribution < -0.4 is 10.5 Å². The first kappa shape index (κ1) is 12.8. The minimum Gasteiger partial charge on any atom is -0.487 e. The Hall–Kier alpha value is -0.600. The van der Waals surface area contributed by atoms with E-state index in [2.05, 4.69) is 0 Å². The molecule has 0 radical (unpaired) electrons. The van der Waals surface area contributed by atoms with Gasteiger partial charge in [-0.25, -0.2) is 0 Å². The lowest BCUT2D eigenvalue weighted by molar-refractivity contribution is 0.184. The van der Waals surface area contributed by atoms with Gasteiger partial charge < -0.3 is 10.5 Å². The molecule has 1 fully saturated rings. The molecule has 0 amide bonds. The van der Waals surface area contributed by atoms with Crippen LogP contribution >= 0.6 is 23.2 Å². The first-order chi connectivity index (χ1) is 8.16. The summed E-state index contributed by atoms with van der Waals surface area (Å²) in [5, 5.41) is 0.999. The van der Waals surface area contributed by atoms with Crippen LogP contribution in [0.15, 0.2) is 12.1 Å². The topological polar surface area (TPSA) is 35.2 Å². The number of nitrogen functional groups attached to an aromatic ring is 1. The van der Waals surface area contributed by atoms with E-state index >= 15 is 0 Å². The second kappa shape index (κ2) is 5.83. The molecule has 0 aromatic heterocycles. The largest absolute Gasteiger partial charge is 0.487 e. The van der Waals surface area contributed by atoms with Crippen LogP contribution in [0.3, 0.4) is 0 Å². The van der Waals surface area contributed by atoms with Gasteiger partial charge in [-0.15, -0.1) is 0 Å². The molecule has 1 aliphatic rings. The molecule has 0 bridgehead atoms. The Morgan fingerprint density at radius 1 is 1.00 bits per heavy atom. The molecule has 0 spiro atoms. The molecular formula is C13H17Cl2NO. The molecule has 0 saturated heterocycles. The van der Waals surface area contributed by atoms with Crippen LogP contribution in [0, 0.1) is 0 Å². The molecule has 0 aliphatic heterocycles. The smallest absolute Gasteiger partial charge is 0.157 e. The van der Waals surface area contributed by atoms with Crippen LogP contribution in [-0.4, -0.2) is 6.10 Å². The van der Waals surface area contributed by atoms with Gasteiger partial charge >= 0.3 is 0 Å². The lowest BCUT2D eigenvalue weighted by Gasteiger charge is -2.19. The molecule has 1 saturated carbocycles. The van der Waals surface area contributed by atoms with Crippen LogP contribution in [0.4, 0.5) is 5.69 Å². The van der Waals surface area contributed by atoms with Crippen molar-refractivity contribution in [3.8, 4) is 5.75 Å². The number of nitrogens with two attached hydrogens (primary N) is 1. The van der Waals surface area contributed by atoms with E-state index in [4.69, 9.17) is 33.7 Å². The highest BCUT2D eigenvalue weighted by atomic mass is 35.5. The van der Waals surface area contributed by atoms with Crippen molar-refractivity contribution in [3.05, 3.63) is 22.2 Å². The molecule has 94 valence electrons. The summed E-state index contributed by atoms with van der Waals surface area (Å²) in [6.07, 6.45) is 7.42. The average molecular weight is 274 g/mol. The number of halogens is 2. The van der Waals surface area contributed by atoms with E-state index in [1.807, 2.05) is 0 Å². The van der Waals surface area contributed by atoms with Crippen molar-refractivity contribution in [1.29, 1.82) is 0 Å². The molecule has 17 heavy (non-hydrogen) atoms. The maximum atomic E-state index is 6.11. The van der Waals surface area contributed by atoms with E-state index in [0.29, 0.717) is 21.5 Å². The first-order valence-corrected chi connectivity index (χ1v) is 6.83. The summed E-state index contributed by atoms with van der Waals surface area (Å²) in [5.74, 6) is 0.578. The number of anilines is 1. The Morgan fingerprint density at radius 3 is 2.06 bits per heavy atom. The summed E-state index contributed by atoms with van der Waals surface area (Å²) < 4.78 is 5.93. The number of benzene rings is 1. The molecule has 2 nitrogen and oxygen atoms in total. The average Bonchev–Trinajstić information content (AvgIpc) is 2.51. The van der Waals surface area contributed by atoms with Crippen LogP contribution in [0.2, 0.25) is 10.0 Å². The van der Waals surface area contributed by atoms with Gasteiger partial charge in [0.15, 0.2) is 5.75 Å². The molecule has 2 N–H and O–H groups in total. The molecule has 0 heterocycles. The van der Waals surface area contributed by atoms with E-state index < -0.39 is 0 Å². The van der Waals surface area contributed by atoms with E-state index in [1.165, 1.54) is 25.7 Å². The molecule has 1 aromatic rings. The van der Waals surface area contributed by atoms with Crippen molar-refractivity contribution in [2.45, 2.75) is 44.6 Å². The normalized spacial score (nSPS) is 17.8. The lowest BCUT2D eigenvalue weighted by Crippen LogP contribution is -2.15. The quantitative estimate of drug-likeness (QED) is 0.628. The third-order valence-corrected chi connectivity index (χ3v) is 3.67. The second-order valence-electron chi connectivity index (χ2n) is 4.55. The lowest BCUT2D eigenvalue weighted by atomic mass is 10.1. The maximum absolute atomic E-state index is 6.11. The highest BCUT2D eigenvalue weighted by molar-refractivity contribution is 6.37. The Bertz CT molecular complexity index is 364. The van der Waals surface area contributed by atoms with Crippen LogP contribution in [-0.2, 0) is 0 Å². The fourth-order valence-corrected chi connectivity index (χ4v) is 2.81. The third kappa shape index (κ3) is 3.43. The monoisotopic (exact) mass is 273 g/mol. The Morgan fingerprint density at radius 2 is 1.53 bits per heavy atom. The summed E-state index contributed by atoms with van der Waals surface area (Å²) >= 11 is 12.2. The van der Waals surface area contributed by atoms with Crippen molar-refractivity contribution >= 4 is 28.9 Å². The Balaban J connectivity index is 2.11. The second-order valence-corrected chi connectivity index (χ2v) is 5.36. The van der Waals surface area contributed by atoms with Crippen molar-refractivity contribution in [2.75, 3.05) is 5.73 Å². The molecule has 1 aliphatic carbocycles. The fraction of sp³-hybridized carbons (Fsp3) is 0.538. The van der Waals surface area contributed by atoms with Gasteiger partial charge in [0.05, 0.1) is 16.1 Å². The van der Waals surface area contributed by atoms with Gasteiger partial charge in [-0.1, -0.05) is 36.0 Å². The van der Waals surface area contributed by atoms with Gasteiger partial charge in [0, 0.05) is 5.69 Å². The molecule has 1 aromatic carbocycles. The van der Waals surface area contributed by atoms with E-state index in [1.54, 1.807) is 12.1 Å². The van der Waals surface area contributed by atoms with Crippen LogP contribution in [0.5, 0.6) is 5.75 Å². The summed E-state index contributed by atoms with van der Waals surface area (Å²) in [6, 6.07) is 3.36. The van der Waals surface area contributed by atoms with Crippen molar-refractivity contribution in [3.63, 3.8) is 0 Å². The predicted octanol–water partition coefficient (Wildman–Crippen LogP) is 4.68. The maximum Gasteiger partial charge on any atom is 0.157 e. The van der Waals surface area contributed by atoms with Crippen LogP contribution in [0.25, 0.3) is 0 Å². The number of hydrogen-bond acceptors (Lipinski definition) is 2. The predicted molar refractivity (Wildman–Crippen MR) is 73.0 cm³/mol. The minimum absolute atomic E-state index is 0.233. The zero-order valence-corrected chi connectivity index (χ0v) is 11.2. The van der Waals surface area contributed by atoms with E-state index in [-0.39, 0.29) is 6.10 Å². The summed E-state index contributed by atoms with van der Waals surface area (Å²) in [4.78, 5) is 0. The van der Waals surface area contributed by atoms with E-state index in [9.17, 15) is 0 Å². The summed E-state index contributed by atoms with van der Waals surface area (Å²) in [6.45, 7) is 0. The molecule has 4 heteroatoms. The highest BCUT2D eigenvalue weighted by Gasteiger charge is 2.17. The fourth-order valence-electron chi connectivity index (χ4n) is 2.22. The third-order valence-electron chi connectivity index (χ3n) is 3.11. The van der Waals surface area contributed by atoms with Crippen LogP contribution in [0.1, 0.15) is 38.5 Å². The van der Waals surface area contributed by atoms with Crippen molar-refractivity contribution in [1.82, 2.24) is 0 Å². The molecule has 2 rings (SSSR count). The number of rotatable bonds is 2. The SMILES string of the molecule is Nc1cc(Cl)c(OC2CCCCCC2)c(Cl)c1. The summed E-state index contributed by atoms with van der Waals surface area (Å²) in [7, 11) is 0. The molecular weight excluding hydrogens is 257 g/mol. The van der Waals surface area contributed by atoms with Gasteiger partial charge in [-0.05, 0) is 37.8 Å². The van der Waals surface area contributed by atoms with Gasteiger partial charge in [-0.3, -0.25) is 0 Å². The molecule has 0 unspecified atom stereocenters. The van der Waals surface area contributed by atoms with Gasteiger partial charge in [0.2, 0.25) is 0 Å². The standard InChI is InChI=1S/C13H17Cl2NO/c14-11-7-9(16)8-12(15)13(11)17-10-5-3-1-2-4-6-10/h7-8,10H,1-6,16H2. The zero-order chi connectivity index (χ0) is 12.3. The summed E-state index contributed by atoms with van der Waals surface area (Å²) in [5.41, 5.74) is 6.23. The van der Waals surface area contributed by atoms with Gasteiger partial charge in [0.25, 0.3) is 0 Å². The first-order valence-electron chi connectivity index (χ1n) is 6.08. The van der Waals surface area contributed by atoms with Crippen molar-refractivity contribution < 1.29 is 4.74 Å². The van der Waals surface area contributed by atoms with Gasteiger partial charge in [0.1, 0.15) is 0 Å². The van der Waals surface area contributed by atoms with Crippen molar-refractivity contribution in [2.24, 2.45) is 0 Å².